The number of hydrogen-bond donors (Lipinski definition) is 2. The second-order valence-electron chi connectivity index (χ2n) is 10.8. The van der Waals surface area contributed by atoms with Crippen LogP contribution in [0.4, 0.5) is 5.69 Å². The van der Waals surface area contributed by atoms with Crippen molar-refractivity contribution in [3.63, 3.8) is 0 Å². The molecule has 1 aliphatic rings. The molecule has 10 heteroatoms. The summed E-state index contributed by atoms with van der Waals surface area (Å²) in [6.45, 7) is 7.19. The van der Waals surface area contributed by atoms with E-state index in [0.29, 0.717) is 23.4 Å². The molecule has 4 rings (SSSR count). The number of rotatable bonds is 12. The van der Waals surface area contributed by atoms with Gasteiger partial charge in [-0.1, -0.05) is 55.5 Å². The van der Waals surface area contributed by atoms with Crippen LogP contribution < -0.4 is 20.3 Å². The van der Waals surface area contributed by atoms with Crippen molar-refractivity contribution in [2.24, 2.45) is 0 Å². The van der Waals surface area contributed by atoms with E-state index in [2.05, 4.69) is 10.6 Å². The first-order valence-corrected chi connectivity index (χ1v) is 14.6. The topological polar surface area (TPSA) is 123 Å². The highest BCUT2D eigenvalue weighted by atomic mass is 16.7. The fourth-order valence-electron chi connectivity index (χ4n) is 5.27. The minimum Gasteiger partial charge on any atom is -0.496 e. The SMILES string of the molecule is CCC(NC(=O)c1cc(C)c(OC)c(C)c1)C(=O)N(CC(=O)NC1CC(=O)OC1OCc1ccccc1)c1ccccc1C. The molecule has 3 aromatic carbocycles. The third-order valence-corrected chi connectivity index (χ3v) is 7.48. The van der Waals surface area contributed by atoms with Crippen LogP contribution in [0.1, 0.15) is 52.4 Å². The minimum atomic E-state index is -0.964. The van der Waals surface area contributed by atoms with Crippen molar-refractivity contribution >= 4 is 29.4 Å². The lowest BCUT2D eigenvalue weighted by atomic mass is 10.0. The maximum Gasteiger partial charge on any atom is 0.310 e. The van der Waals surface area contributed by atoms with Gasteiger partial charge in [0.25, 0.3) is 5.91 Å². The number of carbonyl (C=O) groups is 4. The normalized spacial score (nSPS) is 16.5. The van der Waals surface area contributed by atoms with E-state index >= 15 is 0 Å². The Balaban J connectivity index is 1.50. The third-order valence-electron chi connectivity index (χ3n) is 7.48. The molecule has 0 bridgehead atoms. The second-order valence-corrected chi connectivity index (χ2v) is 10.8. The lowest BCUT2D eigenvalue weighted by Gasteiger charge is -2.29. The summed E-state index contributed by atoms with van der Waals surface area (Å²) in [6, 6.07) is 18.4. The minimum absolute atomic E-state index is 0.0577. The lowest BCUT2D eigenvalue weighted by Crippen LogP contribution is -2.53. The highest BCUT2D eigenvalue weighted by Crippen LogP contribution is 2.25. The Morgan fingerprint density at radius 1 is 0.977 bits per heavy atom. The summed E-state index contributed by atoms with van der Waals surface area (Å²) in [5.41, 5.74) is 4.21. The quantitative estimate of drug-likeness (QED) is 0.299. The number of esters is 1. The molecule has 3 unspecified atom stereocenters. The Labute approximate surface area is 257 Å². The molecule has 3 atom stereocenters. The molecule has 10 nitrogen and oxygen atoms in total. The van der Waals surface area contributed by atoms with Gasteiger partial charge in [-0.2, -0.15) is 0 Å². The number of aryl methyl sites for hydroxylation is 3. The van der Waals surface area contributed by atoms with Crippen molar-refractivity contribution in [3.8, 4) is 5.75 Å². The van der Waals surface area contributed by atoms with Crippen molar-refractivity contribution in [2.75, 3.05) is 18.6 Å². The number of cyclic esters (lactones) is 1. The number of ether oxygens (including phenoxy) is 3. The van der Waals surface area contributed by atoms with E-state index < -0.39 is 42.1 Å². The molecule has 3 aromatic rings. The van der Waals surface area contributed by atoms with Crippen LogP contribution in [0.15, 0.2) is 66.7 Å². The zero-order valence-electron chi connectivity index (χ0n) is 25.7. The Bertz CT molecular complexity index is 1480. The van der Waals surface area contributed by atoms with Crippen molar-refractivity contribution in [3.05, 3.63) is 94.5 Å². The Morgan fingerprint density at radius 3 is 2.27 bits per heavy atom. The highest BCUT2D eigenvalue weighted by Gasteiger charge is 2.38. The summed E-state index contributed by atoms with van der Waals surface area (Å²) in [7, 11) is 1.58. The standard InChI is InChI=1S/C34H39N3O7/c1-6-26(36-32(40)25-16-22(3)31(42-5)23(4)17-25)33(41)37(28-15-11-10-12-21(28)2)19-29(38)35-27-18-30(39)44-34(27)43-20-24-13-8-7-9-14-24/h7-17,26-27,34H,6,18-20H2,1-5H3,(H,35,38)(H,36,40). The van der Waals surface area contributed by atoms with E-state index in [1.165, 1.54) is 4.90 Å². The molecule has 1 saturated heterocycles. The van der Waals surface area contributed by atoms with Crippen LogP contribution in [-0.4, -0.2) is 55.7 Å². The van der Waals surface area contributed by atoms with Crippen LogP contribution in [-0.2, 0) is 30.5 Å². The van der Waals surface area contributed by atoms with Crippen molar-refractivity contribution in [2.45, 2.75) is 65.5 Å². The third kappa shape index (κ3) is 7.82. The molecule has 1 heterocycles. The fourth-order valence-corrected chi connectivity index (χ4v) is 5.27. The van der Waals surface area contributed by atoms with E-state index in [1.807, 2.05) is 63.2 Å². The molecular weight excluding hydrogens is 562 g/mol. The van der Waals surface area contributed by atoms with Crippen LogP contribution in [0.3, 0.4) is 0 Å². The number of amides is 3. The summed E-state index contributed by atoms with van der Waals surface area (Å²) >= 11 is 0. The molecule has 0 spiro atoms. The fraction of sp³-hybridized carbons (Fsp3) is 0.353. The van der Waals surface area contributed by atoms with Crippen molar-refractivity contribution < 1.29 is 33.4 Å². The summed E-state index contributed by atoms with van der Waals surface area (Å²) < 4.78 is 16.5. The number of benzene rings is 3. The molecule has 0 aliphatic carbocycles. The number of carbonyl (C=O) groups excluding carboxylic acids is 4. The van der Waals surface area contributed by atoms with Gasteiger partial charge < -0.3 is 29.7 Å². The van der Waals surface area contributed by atoms with Gasteiger partial charge in [0, 0.05) is 11.3 Å². The van der Waals surface area contributed by atoms with Gasteiger partial charge in [0.05, 0.1) is 20.1 Å². The van der Waals surface area contributed by atoms with Gasteiger partial charge in [-0.05, 0) is 67.6 Å². The Hall–Kier alpha value is -4.70. The zero-order chi connectivity index (χ0) is 31.8. The number of para-hydroxylation sites is 1. The molecule has 2 N–H and O–H groups in total. The van der Waals surface area contributed by atoms with Gasteiger partial charge in [0.1, 0.15) is 24.4 Å². The predicted molar refractivity (Wildman–Crippen MR) is 165 cm³/mol. The van der Waals surface area contributed by atoms with Crippen LogP contribution in [0, 0.1) is 20.8 Å². The second kappa shape index (κ2) is 14.7. The monoisotopic (exact) mass is 601 g/mol. The molecule has 0 radical (unpaired) electrons. The summed E-state index contributed by atoms with van der Waals surface area (Å²) in [5.74, 6) is -1.14. The highest BCUT2D eigenvalue weighted by molar-refractivity contribution is 6.05. The number of hydrogen-bond acceptors (Lipinski definition) is 7. The maximum atomic E-state index is 14.0. The zero-order valence-corrected chi connectivity index (χ0v) is 25.7. The summed E-state index contributed by atoms with van der Waals surface area (Å²) in [5, 5.41) is 5.66. The Kier molecular flexibility index (Phi) is 10.7. The largest absolute Gasteiger partial charge is 0.496 e. The van der Waals surface area contributed by atoms with Crippen LogP contribution in [0.5, 0.6) is 5.75 Å². The molecule has 1 aliphatic heterocycles. The van der Waals surface area contributed by atoms with Gasteiger partial charge in [-0.15, -0.1) is 0 Å². The Morgan fingerprint density at radius 2 is 1.64 bits per heavy atom. The molecule has 0 aromatic heterocycles. The first-order chi connectivity index (χ1) is 21.1. The van der Waals surface area contributed by atoms with Gasteiger partial charge in [-0.3, -0.25) is 19.2 Å². The predicted octanol–water partition coefficient (Wildman–Crippen LogP) is 4.14. The summed E-state index contributed by atoms with van der Waals surface area (Å²) in [6.07, 6.45) is -0.727. The molecular formula is C34H39N3O7. The van der Waals surface area contributed by atoms with E-state index in [9.17, 15) is 19.2 Å². The lowest BCUT2D eigenvalue weighted by molar-refractivity contribution is -0.168. The number of nitrogens with one attached hydrogen (secondary N) is 2. The average Bonchev–Trinajstić information content (AvgIpc) is 3.36. The van der Waals surface area contributed by atoms with Crippen LogP contribution in [0.25, 0.3) is 0 Å². The molecule has 1 fully saturated rings. The number of methoxy groups -OCH3 is 1. The smallest absolute Gasteiger partial charge is 0.310 e. The first kappa shape index (κ1) is 32.2. The average molecular weight is 602 g/mol. The molecule has 3 amide bonds. The van der Waals surface area contributed by atoms with Crippen LogP contribution in [0.2, 0.25) is 0 Å². The maximum absolute atomic E-state index is 14.0. The van der Waals surface area contributed by atoms with Gasteiger partial charge in [-0.25, -0.2) is 0 Å². The number of nitrogens with zero attached hydrogens (tertiary/aromatic N) is 1. The molecule has 232 valence electrons. The van der Waals surface area contributed by atoms with E-state index in [1.54, 1.807) is 38.3 Å². The van der Waals surface area contributed by atoms with Gasteiger partial charge >= 0.3 is 5.97 Å². The molecule has 0 saturated carbocycles. The molecule has 44 heavy (non-hydrogen) atoms. The first-order valence-electron chi connectivity index (χ1n) is 14.6. The number of anilines is 1. The van der Waals surface area contributed by atoms with Gasteiger partial charge in [0.15, 0.2) is 0 Å². The summed E-state index contributed by atoms with van der Waals surface area (Å²) in [4.78, 5) is 54.1. The van der Waals surface area contributed by atoms with E-state index in [-0.39, 0.29) is 19.6 Å². The van der Waals surface area contributed by atoms with Crippen molar-refractivity contribution in [1.29, 1.82) is 0 Å². The van der Waals surface area contributed by atoms with Crippen LogP contribution >= 0.6 is 0 Å². The van der Waals surface area contributed by atoms with E-state index in [4.69, 9.17) is 14.2 Å². The van der Waals surface area contributed by atoms with E-state index in [0.717, 1.165) is 22.3 Å². The van der Waals surface area contributed by atoms with Gasteiger partial charge in [0.2, 0.25) is 18.1 Å². The van der Waals surface area contributed by atoms with Crippen molar-refractivity contribution in [1.82, 2.24) is 10.6 Å².